The Kier molecular flexibility index (Phi) is 7.44. The maximum Gasteiger partial charge on any atom is 0.228 e. The van der Waals surface area contributed by atoms with Crippen LogP contribution in [-0.2, 0) is 6.42 Å². The van der Waals surface area contributed by atoms with Crippen molar-refractivity contribution < 1.29 is 4.74 Å². The molecule has 2 rings (SSSR count). The first-order valence-electron chi connectivity index (χ1n) is 8.60. The Morgan fingerprint density at radius 1 is 1.28 bits per heavy atom. The molecular formula is C20H26BrN3O. The molecular weight excluding hydrogens is 378 g/mol. The fourth-order valence-electron chi connectivity index (χ4n) is 2.35. The predicted molar refractivity (Wildman–Crippen MR) is 108 cm³/mol. The van der Waals surface area contributed by atoms with E-state index in [1.165, 1.54) is 11.1 Å². The third-order valence-electron chi connectivity index (χ3n) is 4.09. The van der Waals surface area contributed by atoms with Gasteiger partial charge in [-0.1, -0.05) is 24.3 Å². The molecule has 0 N–H and O–H groups in total. The molecule has 1 aromatic carbocycles. The summed E-state index contributed by atoms with van der Waals surface area (Å²) in [6.07, 6.45) is 3.79. The van der Waals surface area contributed by atoms with Crippen LogP contribution >= 0.6 is 15.9 Å². The molecule has 5 heteroatoms. The van der Waals surface area contributed by atoms with Gasteiger partial charge in [-0.05, 0) is 66.7 Å². The van der Waals surface area contributed by atoms with E-state index in [0.717, 1.165) is 35.2 Å². The number of ether oxygens (including phenoxy) is 1. The van der Waals surface area contributed by atoms with E-state index < -0.39 is 0 Å². The summed E-state index contributed by atoms with van der Waals surface area (Å²) < 4.78 is 6.69. The molecule has 0 aliphatic carbocycles. The van der Waals surface area contributed by atoms with E-state index in [9.17, 15) is 0 Å². The molecule has 0 amide bonds. The van der Waals surface area contributed by atoms with Crippen LogP contribution in [0.2, 0.25) is 0 Å². The number of benzene rings is 1. The van der Waals surface area contributed by atoms with Crippen LogP contribution in [0.3, 0.4) is 0 Å². The first kappa shape index (κ1) is 19.4. The third kappa shape index (κ3) is 5.85. The highest BCUT2D eigenvalue weighted by atomic mass is 79.9. The largest absolute Gasteiger partial charge is 0.477 e. The van der Waals surface area contributed by atoms with Gasteiger partial charge in [0.2, 0.25) is 5.88 Å². The number of nitrogens with zero attached hydrogens (tertiary/aromatic N) is 3. The number of aromatic nitrogens is 1. The van der Waals surface area contributed by atoms with Crippen LogP contribution in [0.5, 0.6) is 5.88 Å². The molecule has 1 heterocycles. The van der Waals surface area contributed by atoms with Crippen LogP contribution < -0.4 is 4.74 Å². The summed E-state index contributed by atoms with van der Waals surface area (Å²) in [4.78, 5) is 11.0. The zero-order valence-electron chi connectivity index (χ0n) is 15.4. The molecule has 1 aromatic heterocycles. The van der Waals surface area contributed by atoms with Gasteiger partial charge >= 0.3 is 0 Å². The van der Waals surface area contributed by atoms with Gasteiger partial charge in [0.1, 0.15) is 0 Å². The zero-order valence-corrected chi connectivity index (χ0v) is 17.0. The van der Waals surface area contributed by atoms with Crippen molar-refractivity contribution in [2.45, 2.75) is 33.6 Å². The molecule has 0 aliphatic rings. The van der Waals surface area contributed by atoms with Crippen LogP contribution in [0.15, 0.2) is 39.8 Å². The Balaban J connectivity index is 1.93. The summed E-state index contributed by atoms with van der Waals surface area (Å²) in [5.41, 5.74) is 4.41. The molecule has 2 aromatic rings. The van der Waals surface area contributed by atoms with Gasteiger partial charge in [-0.3, -0.25) is 0 Å². The summed E-state index contributed by atoms with van der Waals surface area (Å²) >= 11 is 3.54. The van der Waals surface area contributed by atoms with Gasteiger partial charge in [0.15, 0.2) is 0 Å². The minimum atomic E-state index is 0.630. The number of pyridine rings is 1. The lowest BCUT2D eigenvalue weighted by molar-refractivity contribution is 0.297. The van der Waals surface area contributed by atoms with E-state index in [1.54, 1.807) is 0 Å². The van der Waals surface area contributed by atoms with Crippen molar-refractivity contribution in [3.63, 3.8) is 0 Å². The lowest BCUT2D eigenvalue weighted by Crippen LogP contribution is -2.14. The smallest absolute Gasteiger partial charge is 0.228 e. The average Bonchev–Trinajstić information content (AvgIpc) is 2.61. The summed E-state index contributed by atoms with van der Waals surface area (Å²) in [6.45, 7) is 7.73. The molecule has 0 fully saturated rings. The molecule has 0 spiro atoms. The van der Waals surface area contributed by atoms with Crippen molar-refractivity contribution in [2.24, 2.45) is 4.99 Å². The number of halogens is 1. The van der Waals surface area contributed by atoms with Gasteiger partial charge < -0.3 is 9.64 Å². The monoisotopic (exact) mass is 403 g/mol. The van der Waals surface area contributed by atoms with Crippen molar-refractivity contribution in [1.82, 2.24) is 9.88 Å². The lowest BCUT2D eigenvalue weighted by atomic mass is 10.0. The van der Waals surface area contributed by atoms with Crippen molar-refractivity contribution in [3.8, 4) is 5.88 Å². The van der Waals surface area contributed by atoms with E-state index in [-0.39, 0.29) is 0 Å². The maximum absolute atomic E-state index is 5.86. The zero-order chi connectivity index (χ0) is 18.2. The number of aliphatic imine (C=N–C) groups is 1. The van der Waals surface area contributed by atoms with Gasteiger partial charge in [0, 0.05) is 13.6 Å². The quantitative estimate of drug-likeness (QED) is 0.350. The summed E-state index contributed by atoms with van der Waals surface area (Å²) in [6, 6.07) is 10.4. The molecule has 0 saturated heterocycles. The van der Waals surface area contributed by atoms with Crippen LogP contribution in [0, 0.1) is 13.8 Å². The Morgan fingerprint density at radius 2 is 2.04 bits per heavy atom. The molecule has 25 heavy (non-hydrogen) atoms. The van der Waals surface area contributed by atoms with Crippen molar-refractivity contribution in [2.75, 3.05) is 20.2 Å². The number of hydrogen-bond acceptors (Lipinski definition) is 3. The average molecular weight is 404 g/mol. The van der Waals surface area contributed by atoms with E-state index in [1.807, 2.05) is 31.3 Å². The Bertz CT molecular complexity index is 731. The number of rotatable bonds is 8. The van der Waals surface area contributed by atoms with E-state index in [2.05, 4.69) is 64.0 Å². The van der Waals surface area contributed by atoms with E-state index in [0.29, 0.717) is 12.5 Å². The Labute approximate surface area is 159 Å². The van der Waals surface area contributed by atoms with Gasteiger partial charge in [0.25, 0.3) is 0 Å². The SMILES string of the molecule is CCN(C)/C=N/c1cc(Br)c(OCCCc2ccccc2C)nc1C. The summed E-state index contributed by atoms with van der Waals surface area (Å²) in [5.74, 6) is 0.630. The lowest BCUT2D eigenvalue weighted by Gasteiger charge is -2.11. The van der Waals surface area contributed by atoms with Crippen molar-refractivity contribution in [1.29, 1.82) is 0 Å². The van der Waals surface area contributed by atoms with Gasteiger partial charge in [-0.25, -0.2) is 9.98 Å². The molecule has 0 radical (unpaired) electrons. The third-order valence-corrected chi connectivity index (χ3v) is 4.66. The van der Waals surface area contributed by atoms with E-state index >= 15 is 0 Å². The highest BCUT2D eigenvalue weighted by Gasteiger charge is 2.08. The molecule has 0 aliphatic heterocycles. The topological polar surface area (TPSA) is 37.7 Å². The van der Waals surface area contributed by atoms with Crippen LogP contribution in [0.25, 0.3) is 0 Å². The fourth-order valence-corrected chi connectivity index (χ4v) is 2.77. The number of aryl methyl sites for hydroxylation is 3. The molecule has 4 nitrogen and oxygen atoms in total. The second-order valence-electron chi connectivity index (χ2n) is 6.08. The fraction of sp³-hybridized carbons (Fsp3) is 0.400. The highest BCUT2D eigenvalue weighted by Crippen LogP contribution is 2.29. The predicted octanol–water partition coefficient (Wildman–Crippen LogP) is 5.08. The second-order valence-corrected chi connectivity index (χ2v) is 6.93. The Morgan fingerprint density at radius 3 is 2.76 bits per heavy atom. The molecule has 0 bridgehead atoms. The van der Waals surface area contributed by atoms with Crippen LogP contribution in [0.4, 0.5) is 5.69 Å². The van der Waals surface area contributed by atoms with Gasteiger partial charge in [0.05, 0.1) is 28.8 Å². The molecule has 0 atom stereocenters. The number of hydrogen-bond donors (Lipinski definition) is 0. The Hall–Kier alpha value is -1.88. The first-order valence-corrected chi connectivity index (χ1v) is 9.39. The second kappa shape index (κ2) is 9.56. The van der Waals surface area contributed by atoms with E-state index in [4.69, 9.17) is 4.74 Å². The minimum absolute atomic E-state index is 0.630. The summed E-state index contributed by atoms with van der Waals surface area (Å²) in [5, 5.41) is 0. The summed E-state index contributed by atoms with van der Waals surface area (Å²) in [7, 11) is 1.99. The standard InChI is InChI=1S/C20H26BrN3O/c1-5-24(4)14-22-19-13-18(21)20(23-16(19)3)25-12-8-11-17-10-7-6-9-15(17)2/h6-7,9-10,13-14H,5,8,11-12H2,1-4H3/b22-14+. The maximum atomic E-state index is 5.86. The first-order chi connectivity index (χ1) is 12.0. The normalized spacial score (nSPS) is 11.1. The van der Waals surface area contributed by atoms with Crippen LogP contribution in [0.1, 0.15) is 30.2 Å². The van der Waals surface area contributed by atoms with Crippen molar-refractivity contribution >= 4 is 28.0 Å². The van der Waals surface area contributed by atoms with Crippen molar-refractivity contribution in [3.05, 3.63) is 51.6 Å². The highest BCUT2D eigenvalue weighted by molar-refractivity contribution is 9.10. The van der Waals surface area contributed by atoms with Crippen LogP contribution in [-0.4, -0.2) is 36.4 Å². The molecule has 134 valence electrons. The molecule has 0 saturated carbocycles. The minimum Gasteiger partial charge on any atom is -0.477 e. The van der Waals surface area contributed by atoms with Gasteiger partial charge in [-0.2, -0.15) is 0 Å². The molecule has 0 unspecified atom stereocenters. The van der Waals surface area contributed by atoms with Gasteiger partial charge in [-0.15, -0.1) is 0 Å².